The van der Waals surface area contributed by atoms with E-state index in [1.54, 1.807) is 45.0 Å². The summed E-state index contributed by atoms with van der Waals surface area (Å²) >= 11 is 0. The Hall–Kier alpha value is -2.04. The Bertz CT molecular complexity index is 450. The predicted octanol–water partition coefficient (Wildman–Crippen LogP) is 1.55. The Balaban J connectivity index is 2.73. The number of benzene rings is 1. The van der Waals surface area contributed by atoms with Crippen LogP contribution in [0.3, 0.4) is 0 Å². The summed E-state index contributed by atoms with van der Waals surface area (Å²) in [5, 5.41) is 5.09. The third kappa shape index (κ3) is 4.08. The molecule has 1 rings (SSSR count). The van der Waals surface area contributed by atoms with Crippen LogP contribution in [0.15, 0.2) is 24.3 Å². The van der Waals surface area contributed by atoms with E-state index in [1.807, 2.05) is 0 Å². The molecule has 0 aliphatic rings. The summed E-state index contributed by atoms with van der Waals surface area (Å²) < 4.78 is 5.08. The molecule has 0 aromatic heterocycles. The molecule has 0 radical (unpaired) electrons. The molecule has 2 N–H and O–H groups in total. The molecule has 0 atom stereocenters. The Labute approximate surface area is 107 Å². The summed E-state index contributed by atoms with van der Waals surface area (Å²) in [7, 11) is 1.50. The summed E-state index contributed by atoms with van der Waals surface area (Å²) in [5.41, 5.74) is 0.0175. The molecule has 0 aliphatic heterocycles. The largest absolute Gasteiger partial charge is 0.495 e. The molecule has 0 saturated carbocycles. The van der Waals surface area contributed by atoms with E-state index >= 15 is 0 Å². The Kier molecular flexibility index (Phi) is 4.31. The van der Waals surface area contributed by atoms with Gasteiger partial charge in [-0.15, -0.1) is 0 Å². The summed E-state index contributed by atoms with van der Waals surface area (Å²) in [4.78, 5) is 23.3. The van der Waals surface area contributed by atoms with Gasteiger partial charge in [-0.25, -0.2) is 0 Å². The molecule has 0 aliphatic carbocycles. The number of carbonyl (C=O) groups is 2. The van der Waals surface area contributed by atoms with Gasteiger partial charge in [-0.05, 0) is 32.9 Å². The number of para-hydroxylation sites is 2. The first-order valence-corrected chi connectivity index (χ1v) is 5.60. The van der Waals surface area contributed by atoms with Crippen LogP contribution in [0.5, 0.6) is 5.75 Å². The van der Waals surface area contributed by atoms with E-state index in [0.29, 0.717) is 11.4 Å². The van der Waals surface area contributed by atoms with Gasteiger partial charge in [-0.1, -0.05) is 12.1 Å². The number of carbonyl (C=O) groups excluding carboxylic acids is 2. The van der Waals surface area contributed by atoms with Gasteiger partial charge in [0.2, 0.25) is 0 Å². The maximum atomic E-state index is 11.7. The number of anilines is 1. The van der Waals surface area contributed by atoms with Crippen molar-refractivity contribution in [3.63, 3.8) is 0 Å². The van der Waals surface area contributed by atoms with Crippen molar-refractivity contribution in [1.82, 2.24) is 5.32 Å². The van der Waals surface area contributed by atoms with Crippen molar-refractivity contribution in [1.29, 1.82) is 0 Å². The van der Waals surface area contributed by atoms with Crippen molar-refractivity contribution >= 4 is 17.5 Å². The van der Waals surface area contributed by atoms with Crippen LogP contribution in [0, 0.1) is 0 Å². The van der Waals surface area contributed by atoms with E-state index in [2.05, 4.69) is 10.6 Å². The zero-order chi connectivity index (χ0) is 13.8. The average molecular weight is 250 g/mol. The molecule has 5 heteroatoms. The fraction of sp³-hybridized carbons (Fsp3) is 0.385. The first-order chi connectivity index (χ1) is 8.33. The molecule has 2 amide bonds. The Morgan fingerprint density at radius 1 is 1.11 bits per heavy atom. The molecule has 18 heavy (non-hydrogen) atoms. The first-order valence-electron chi connectivity index (χ1n) is 5.60. The third-order valence-corrected chi connectivity index (χ3v) is 2.05. The third-order valence-electron chi connectivity index (χ3n) is 2.05. The highest BCUT2D eigenvalue weighted by Crippen LogP contribution is 2.22. The monoisotopic (exact) mass is 250 g/mol. The van der Waals surface area contributed by atoms with Gasteiger partial charge in [0, 0.05) is 5.54 Å². The second-order valence-corrected chi connectivity index (χ2v) is 4.86. The minimum atomic E-state index is -0.713. The highest BCUT2D eigenvalue weighted by molar-refractivity contribution is 6.39. The highest BCUT2D eigenvalue weighted by Gasteiger charge is 2.20. The van der Waals surface area contributed by atoms with Gasteiger partial charge >= 0.3 is 11.8 Å². The molecule has 0 spiro atoms. The van der Waals surface area contributed by atoms with Crippen LogP contribution in [-0.4, -0.2) is 24.5 Å². The van der Waals surface area contributed by atoms with Gasteiger partial charge in [0.25, 0.3) is 0 Å². The molecule has 0 fully saturated rings. The first kappa shape index (κ1) is 14.0. The number of amides is 2. The molecule has 98 valence electrons. The SMILES string of the molecule is COc1ccccc1NC(=O)C(=O)NC(C)(C)C. The van der Waals surface area contributed by atoms with Crippen LogP contribution in [0.1, 0.15) is 20.8 Å². The van der Waals surface area contributed by atoms with E-state index in [9.17, 15) is 9.59 Å². The second kappa shape index (κ2) is 5.53. The Morgan fingerprint density at radius 3 is 2.28 bits per heavy atom. The standard InChI is InChI=1S/C13H18N2O3/c1-13(2,3)15-12(17)11(16)14-9-7-5-6-8-10(9)18-4/h5-8H,1-4H3,(H,14,16)(H,15,17). The molecule has 0 unspecified atom stereocenters. The normalized spacial score (nSPS) is 10.7. The van der Waals surface area contributed by atoms with E-state index in [1.165, 1.54) is 7.11 Å². The lowest BCUT2D eigenvalue weighted by atomic mass is 10.1. The number of hydrogen-bond donors (Lipinski definition) is 2. The second-order valence-electron chi connectivity index (χ2n) is 4.86. The lowest BCUT2D eigenvalue weighted by Gasteiger charge is -2.20. The predicted molar refractivity (Wildman–Crippen MR) is 69.5 cm³/mol. The number of hydrogen-bond acceptors (Lipinski definition) is 3. The molecular formula is C13H18N2O3. The van der Waals surface area contributed by atoms with Crippen LogP contribution in [0.25, 0.3) is 0 Å². The number of methoxy groups -OCH3 is 1. The zero-order valence-corrected chi connectivity index (χ0v) is 11.0. The van der Waals surface area contributed by atoms with Crippen LogP contribution in [0.2, 0.25) is 0 Å². The Morgan fingerprint density at radius 2 is 1.72 bits per heavy atom. The number of rotatable bonds is 2. The van der Waals surface area contributed by atoms with Crippen molar-refractivity contribution < 1.29 is 14.3 Å². The topological polar surface area (TPSA) is 67.4 Å². The van der Waals surface area contributed by atoms with Gasteiger partial charge in [-0.3, -0.25) is 9.59 Å². The maximum Gasteiger partial charge on any atom is 0.313 e. The fourth-order valence-electron chi connectivity index (χ4n) is 1.32. The van der Waals surface area contributed by atoms with Gasteiger partial charge < -0.3 is 15.4 Å². The van der Waals surface area contributed by atoms with E-state index in [4.69, 9.17) is 4.74 Å². The molecule has 1 aromatic rings. The number of ether oxygens (including phenoxy) is 1. The summed E-state index contributed by atoms with van der Waals surface area (Å²) in [6.45, 7) is 5.42. The minimum Gasteiger partial charge on any atom is -0.495 e. The maximum absolute atomic E-state index is 11.7. The van der Waals surface area contributed by atoms with Crippen molar-refractivity contribution in [2.45, 2.75) is 26.3 Å². The quantitative estimate of drug-likeness (QED) is 0.782. The summed E-state index contributed by atoms with van der Waals surface area (Å²) in [6.07, 6.45) is 0. The molecule has 0 saturated heterocycles. The van der Waals surface area contributed by atoms with E-state index in [0.717, 1.165) is 0 Å². The zero-order valence-electron chi connectivity index (χ0n) is 11.0. The lowest BCUT2D eigenvalue weighted by Crippen LogP contribution is -2.46. The fourth-order valence-corrected chi connectivity index (χ4v) is 1.32. The van der Waals surface area contributed by atoms with Gasteiger partial charge in [0.05, 0.1) is 12.8 Å². The minimum absolute atomic E-state index is 0.449. The van der Waals surface area contributed by atoms with Crippen molar-refractivity contribution in [2.24, 2.45) is 0 Å². The molecule has 0 bridgehead atoms. The molecular weight excluding hydrogens is 232 g/mol. The smallest absolute Gasteiger partial charge is 0.313 e. The van der Waals surface area contributed by atoms with Crippen LogP contribution >= 0.6 is 0 Å². The van der Waals surface area contributed by atoms with Crippen LogP contribution in [-0.2, 0) is 9.59 Å². The van der Waals surface area contributed by atoms with Crippen molar-refractivity contribution in [3.05, 3.63) is 24.3 Å². The van der Waals surface area contributed by atoms with Crippen molar-refractivity contribution in [3.8, 4) is 5.75 Å². The van der Waals surface area contributed by atoms with Crippen molar-refractivity contribution in [2.75, 3.05) is 12.4 Å². The molecule has 0 heterocycles. The van der Waals surface area contributed by atoms with Gasteiger partial charge in [0.1, 0.15) is 5.75 Å². The molecule has 5 nitrogen and oxygen atoms in total. The number of nitrogens with one attached hydrogen (secondary N) is 2. The average Bonchev–Trinajstić information content (AvgIpc) is 2.27. The molecule has 1 aromatic carbocycles. The summed E-state index contributed by atoms with van der Waals surface area (Å²) in [6, 6.07) is 6.90. The van der Waals surface area contributed by atoms with E-state index in [-0.39, 0.29) is 0 Å². The highest BCUT2D eigenvalue weighted by atomic mass is 16.5. The van der Waals surface area contributed by atoms with Crippen LogP contribution < -0.4 is 15.4 Å². The van der Waals surface area contributed by atoms with Crippen LogP contribution in [0.4, 0.5) is 5.69 Å². The lowest BCUT2D eigenvalue weighted by molar-refractivity contribution is -0.137. The van der Waals surface area contributed by atoms with Gasteiger partial charge in [0.15, 0.2) is 0 Å². The van der Waals surface area contributed by atoms with E-state index < -0.39 is 17.4 Å². The summed E-state index contributed by atoms with van der Waals surface area (Å²) in [5.74, 6) is -0.878. The van der Waals surface area contributed by atoms with Gasteiger partial charge in [-0.2, -0.15) is 0 Å².